The standard InChI is InChI=1S/C12H9F3N2S/c13-12(14,15)11(17-7-6-16-9-17)8-18-10-4-2-1-3-5-10/h1-9H/b11-8-. The van der Waals surface area contributed by atoms with Gasteiger partial charge in [0.25, 0.3) is 0 Å². The minimum absolute atomic E-state index is 0.749. The molecule has 0 atom stereocenters. The molecule has 1 aromatic carbocycles. The maximum Gasteiger partial charge on any atom is 0.432 e. The Morgan fingerprint density at radius 1 is 1.22 bits per heavy atom. The quantitative estimate of drug-likeness (QED) is 0.783. The number of aromatic nitrogens is 2. The van der Waals surface area contributed by atoms with Crippen LogP contribution in [0.5, 0.6) is 0 Å². The second-order valence-electron chi connectivity index (χ2n) is 3.40. The van der Waals surface area contributed by atoms with Crippen LogP contribution in [0, 0.1) is 0 Å². The minimum atomic E-state index is -4.41. The van der Waals surface area contributed by atoms with Gasteiger partial charge < -0.3 is 4.57 Å². The molecule has 0 aliphatic rings. The molecule has 6 heteroatoms. The van der Waals surface area contributed by atoms with Crippen molar-refractivity contribution in [2.75, 3.05) is 0 Å². The topological polar surface area (TPSA) is 17.8 Å². The van der Waals surface area contributed by atoms with E-state index in [-0.39, 0.29) is 0 Å². The van der Waals surface area contributed by atoms with Crippen LogP contribution in [-0.2, 0) is 0 Å². The van der Waals surface area contributed by atoms with Gasteiger partial charge in [-0.1, -0.05) is 30.0 Å². The molecule has 0 saturated heterocycles. The molecule has 0 radical (unpaired) electrons. The fourth-order valence-corrected chi connectivity index (χ4v) is 2.12. The van der Waals surface area contributed by atoms with Crippen molar-refractivity contribution in [2.24, 2.45) is 0 Å². The van der Waals surface area contributed by atoms with Gasteiger partial charge in [0.15, 0.2) is 0 Å². The Kier molecular flexibility index (Phi) is 3.76. The van der Waals surface area contributed by atoms with E-state index in [1.165, 1.54) is 12.4 Å². The molecule has 0 spiro atoms. The summed E-state index contributed by atoms with van der Waals surface area (Å²) in [6.45, 7) is 0. The number of allylic oxidation sites excluding steroid dienone is 1. The van der Waals surface area contributed by atoms with Crippen molar-refractivity contribution in [3.8, 4) is 0 Å². The van der Waals surface area contributed by atoms with Crippen LogP contribution in [0.3, 0.4) is 0 Å². The number of hydrogen-bond donors (Lipinski definition) is 0. The molecule has 94 valence electrons. The summed E-state index contributed by atoms with van der Waals surface area (Å²) < 4.78 is 39.5. The van der Waals surface area contributed by atoms with Crippen molar-refractivity contribution in [3.63, 3.8) is 0 Å². The van der Waals surface area contributed by atoms with Crippen LogP contribution in [0.25, 0.3) is 5.70 Å². The molecule has 0 aliphatic carbocycles. The Hall–Kier alpha value is -1.69. The van der Waals surface area contributed by atoms with Crippen LogP contribution in [0.2, 0.25) is 0 Å². The van der Waals surface area contributed by atoms with Gasteiger partial charge in [0.2, 0.25) is 0 Å². The van der Waals surface area contributed by atoms with Gasteiger partial charge in [-0.3, -0.25) is 0 Å². The van der Waals surface area contributed by atoms with Crippen molar-refractivity contribution in [1.29, 1.82) is 0 Å². The van der Waals surface area contributed by atoms with Crippen LogP contribution in [0.4, 0.5) is 13.2 Å². The smallest absolute Gasteiger partial charge is 0.301 e. The summed E-state index contributed by atoms with van der Waals surface area (Å²) in [5.41, 5.74) is -0.756. The number of rotatable bonds is 3. The second-order valence-corrected chi connectivity index (χ2v) is 4.34. The molecule has 0 N–H and O–H groups in total. The van der Waals surface area contributed by atoms with Crippen molar-refractivity contribution >= 4 is 17.5 Å². The summed E-state index contributed by atoms with van der Waals surface area (Å²) in [7, 11) is 0. The van der Waals surface area contributed by atoms with Crippen molar-refractivity contribution < 1.29 is 13.2 Å². The largest absolute Gasteiger partial charge is 0.432 e. The number of thioether (sulfide) groups is 1. The first-order valence-corrected chi connectivity index (χ1v) is 5.93. The van der Waals surface area contributed by atoms with Gasteiger partial charge >= 0.3 is 6.18 Å². The summed E-state index contributed by atoms with van der Waals surface area (Å²) in [5, 5.41) is 1.08. The van der Waals surface area contributed by atoms with E-state index in [2.05, 4.69) is 4.98 Å². The molecule has 0 bridgehead atoms. The Balaban J connectivity index is 2.25. The van der Waals surface area contributed by atoms with Gasteiger partial charge in [-0.25, -0.2) is 4.98 Å². The molecule has 1 aromatic heterocycles. The summed E-state index contributed by atoms with van der Waals surface area (Å²) in [6.07, 6.45) is -0.703. The van der Waals surface area contributed by atoms with Crippen LogP contribution >= 0.6 is 11.8 Å². The first kappa shape index (κ1) is 12.8. The van der Waals surface area contributed by atoms with Gasteiger partial charge in [0, 0.05) is 22.7 Å². The zero-order valence-corrected chi connectivity index (χ0v) is 9.95. The summed E-state index contributed by atoms with van der Waals surface area (Å²) in [4.78, 5) is 4.37. The average molecular weight is 270 g/mol. The second kappa shape index (κ2) is 5.30. The molecule has 2 nitrogen and oxygen atoms in total. The van der Waals surface area contributed by atoms with Gasteiger partial charge in [0.05, 0.1) is 6.33 Å². The number of hydrogen-bond acceptors (Lipinski definition) is 2. The number of imidazole rings is 1. The third-order valence-corrected chi connectivity index (χ3v) is 3.01. The lowest BCUT2D eigenvalue weighted by Gasteiger charge is -2.12. The maximum atomic E-state index is 12.9. The van der Waals surface area contributed by atoms with Crippen molar-refractivity contribution in [3.05, 3.63) is 54.5 Å². The molecule has 2 aromatic rings. The molecule has 0 amide bonds. The monoisotopic (exact) mass is 270 g/mol. The Morgan fingerprint density at radius 3 is 2.50 bits per heavy atom. The highest BCUT2D eigenvalue weighted by atomic mass is 32.2. The van der Waals surface area contributed by atoms with Crippen molar-refractivity contribution in [1.82, 2.24) is 9.55 Å². The molecule has 0 aliphatic heterocycles. The molecule has 0 saturated carbocycles. The van der Waals surface area contributed by atoms with Gasteiger partial charge in [0.1, 0.15) is 5.70 Å². The van der Waals surface area contributed by atoms with E-state index in [1.807, 2.05) is 6.07 Å². The highest BCUT2D eigenvalue weighted by Gasteiger charge is 2.35. The summed E-state index contributed by atoms with van der Waals surface area (Å²) >= 11 is 1.02. The molecule has 0 unspecified atom stereocenters. The molecule has 18 heavy (non-hydrogen) atoms. The molecular weight excluding hydrogens is 261 g/mol. The Labute approximate surface area is 106 Å². The predicted octanol–water partition coefficient (Wildman–Crippen LogP) is 4.04. The highest BCUT2D eigenvalue weighted by Crippen LogP contribution is 2.33. The lowest BCUT2D eigenvalue weighted by Crippen LogP contribution is -2.15. The third-order valence-electron chi connectivity index (χ3n) is 2.12. The van der Waals surface area contributed by atoms with E-state index in [0.29, 0.717) is 0 Å². The number of benzene rings is 1. The molecular formula is C12H9F3N2S. The lowest BCUT2D eigenvalue weighted by molar-refractivity contribution is -0.0735. The van der Waals surface area contributed by atoms with Crippen molar-refractivity contribution in [2.45, 2.75) is 11.1 Å². The molecule has 1 heterocycles. The van der Waals surface area contributed by atoms with Gasteiger partial charge in [-0.05, 0) is 12.1 Å². The summed E-state index contributed by atoms with van der Waals surface area (Å²) in [5.74, 6) is 0. The predicted molar refractivity (Wildman–Crippen MR) is 64.9 cm³/mol. The van der Waals surface area contributed by atoms with E-state index in [4.69, 9.17) is 0 Å². The number of halogens is 3. The van der Waals surface area contributed by atoms with E-state index in [9.17, 15) is 13.2 Å². The third kappa shape index (κ3) is 3.16. The van der Waals surface area contributed by atoms with Crippen LogP contribution < -0.4 is 0 Å². The number of nitrogens with zero attached hydrogens (tertiary/aromatic N) is 2. The molecule has 0 fully saturated rings. The zero-order valence-electron chi connectivity index (χ0n) is 9.13. The maximum absolute atomic E-state index is 12.9. The molecule has 2 rings (SSSR count). The van der Waals surface area contributed by atoms with E-state index in [1.54, 1.807) is 24.3 Å². The van der Waals surface area contributed by atoms with Crippen LogP contribution in [0.15, 0.2) is 59.4 Å². The Bertz CT molecular complexity index is 518. The SMILES string of the molecule is FC(F)(F)/C(=C/Sc1ccccc1)n1ccnc1. The first-order chi connectivity index (χ1) is 8.57. The van der Waals surface area contributed by atoms with Gasteiger partial charge in [-0.2, -0.15) is 13.2 Å². The summed E-state index contributed by atoms with van der Waals surface area (Å²) in [6, 6.07) is 8.88. The number of alkyl halides is 3. The normalized spacial score (nSPS) is 12.7. The van der Waals surface area contributed by atoms with Crippen LogP contribution in [0.1, 0.15) is 0 Å². The fraction of sp³-hybridized carbons (Fsp3) is 0.0833. The fourth-order valence-electron chi connectivity index (χ4n) is 1.30. The highest BCUT2D eigenvalue weighted by molar-refractivity contribution is 8.02. The zero-order chi connectivity index (χ0) is 13.0. The van der Waals surface area contributed by atoms with E-state index >= 15 is 0 Å². The minimum Gasteiger partial charge on any atom is -0.301 e. The van der Waals surface area contributed by atoms with E-state index < -0.39 is 11.9 Å². The average Bonchev–Trinajstić information content (AvgIpc) is 2.82. The lowest BCUT2D eigenvalue weighted by atomic mass is 10.4. The van der Waals surface area contributed by atoms with Gasteiger partial charge in [-0.15, -0.1) is 0 Å². The van der Waals surface area contributed by atoms with E-state index in [0.717, 1.165) is 33.0 Å². The Morgan fingerprint density at radius 2 is 1.94 bits per heavy atom. The van der Waals surface area contributed by atoms with Crippen LogP contribution in [-0.4, -0.2) is 15.7 Å². The first-order valence-electron chi connectivity index (χ1n) is 5.05.